The van der Waals surface area contributed by atoms with Gasteiger partial charge in [0, 0.05) is 19.3 Å². The maximum Gasteiger partial charge on any atom is 0.206 e. The van der Waals surface area contributed by atoms with Gasteiger partial charge in [-0.25, -0.2) is 8.78 Å². The van der Waals surface area contributed by atoms with E-state index in [1.54, 1.807) is 12.1 Å². The van der Waals surface area contributed by atoms with Crippen LogP contribution in [-0.2, 0) is 0 Å². The van der Waals surface area contributed by atoms with Crippen molar-refractivity contribution in [2.24, 2.45) is 0 Å². The van der Waals surface area contributed by atoms with Crippen molar-refractivity contribution in [3.8, 4) is 23.0 Å². The first-order valence-electron chi connectivity index (χ1n) is 7.80. The van der Waals surface area contributed by atoms with Crippen LogP contribution < -0.4 is 19.5 Å². The predicted molar refractivity (Wildman–Crippen MR) is 88.7 cm³/mol. The summed E-state index contributed by atoms with van der Waals surface area (Å²) >= 11 is 0. The molecule has 26 heavy (non-hydrogen) atoms. The number of nitrogens with one attached hydrogen (secondary N) is 1. The highest BCUT2D eigenvalue weighted by Gasteiger charge is 2.24. The summed E-state index contributed by atoms with van der Waals surface area (Å²) in [6, 6.07) is 5.61. The second-order valence-electron chi connectivity index (χ2n) is 5.51. The lowest BCUT2D eigenvalue weighted by Crippen LogP contribution is -2.15. The summed E-state index contributed by atoms with van der Waals surface area (Å²) in [5, 5.41) is 2.77. The van der Waals surface area contributed by atoms with Gasteiger partial charge in [-0.05, 0) is 18.2 Å². The Hall–Kier alpha value is -3.16. The van der Waals surface area contributed by atoms with E-state index in [0.717, 1.165) is 6.07 Å². The fourth-order valence-corrected chi connectivity index (χ4v) is 2.77. The van der Waals surface area contributed by atoms with Crippen molar-refractivity contribution in [1.29, 1.82) is 0 Å². The standard InChI is InChI=1S/C18H13F3N2O3/c1-22-11-8-9(19)17(16(21)15(11)20)26-12-4-5-23-10-2-3-13-18(14(10)12)25-7-6-24-13/h2-5,8,22H,6-7H2,1H3. The van der Waals surface area contributed by atoms with Gasteiger partial charge in [-0.3, -0.25) is 4.98 Å². The van der Waals surface area contributed by atoms with Crippen molar-refractivity contribution in [2.45, 2.75) is 0 Å². The average Bonchev–Trinajstić information content (AvgIpc) is 2.67. The number of pyridine rings is 1. The molecule has 0 fully saturated rings. The summed E-state index contributed by atoms with van der Waals surface area (Å²) in [5.74, 6) is -3.63. The first kappa shape index (κ1) is 16.3. The van der Waals surface area contributed by atoms with Gasteiger partial charge >= 0.3 is 0 Å². The van der Waals surface area contributed by atoms with E-state index in [9.17, 15) is 13.2 Å². The molecule has 4 rings (SSSR count). The lowest BCUT2D eigenvalue weighted by Gasteiger charge is -2.21. The maximum atomic E-state index is 14.3. The SMILES string of the molecule is CNc1cc(F)c(Oc2ccnc3ccc4c(c23)OCCO4)c(F)c1F. The minimum atomic E-state index is -1.43. The lowest BCUT2D eigenvalue weighted by atomic mass is 10.1. The average molecular weight is 362 g/mol. The van der Waals surface area contributed by atoms with E-state index < -0.39 is 23.2 Å². The van der Waals surface area contributed by atoms with Crippen LogP contribution in [0.15, 0.2) is 30.5 Å². The highest BCUT2D eigenvalue weighted by Crippen LogP contribution is 2.43. The van der Waals surface area contributed by atoms with Gasteiger partial charge < -0.3 is 19.5 Å². The molecule has 0 radical (unpaired) electrons. The molecule has 2 heterocycles. The Morgan fingerprint density at radius 3 is 2.69 bits per heavy atom. The molecule has 8 heteroatoms. The number of nitrogens with zero attached hydrogens (tertiary/aromatic N) is 1. The molecule has 0 bridgehead atoms. The van der Waals surface area contributed by atoms with Crippen LogP contribution in [0, 0.1) is 17.5 Å². The largest absolute Gasteiger partial charge is 0.486 e. The van der Waals surface area contributed by atoms with E-state index in [1.807, 2.05) is 0 Å². The quantitative estimate of drug-likeness (QED) is 0.706. The van der Waals surface area contributed by atoms with Gasteiger partial charge in [0.1, 0.15) is 19.0 Å². The van der Waals surface area contributed by atoms with Crippen molar-refractivity contribution in [3.63, 3.8) is 0 Å². The number of aromatic nitrogens is 1. The summed E-state index contributed by atoms with van der Waals surface area (Å²) in [6.45, 7) is 0.698. The van der Waals surface area contributed by atoms with Crippen LogP contribution in [0.1, 0.15) is 0 Å². The number of anilines is 1. The van der Waals surface area contributed by atoms with Crippen molar-refractivity contribution in [1.82, 2.24) is 4.98 Å². The van der Waals surface area contributed by atoms with E-state index in [0.29, 0.717) is 35.6 Å². The second kappa shape index (κ2) is 6.29. The number of benzene rings is 2. The van der Waals surface area contributed by atoms with Crippen LogP contribution in [0.4, 0.5) is 18.9 Å². The molecule has 0 unspecified atom stereocenters. The lowest BCUT2D eigenvalue weighted by molar-refractivity contribution is 0.173. The van der Waals surface area contributed by atoms with Gasteiger partial charge in [-0.1, -0.05) is 0 Å². The van der Waals surface area contributed by atoms with E-state index in [1.165, 1.54) is 19.3 Å². The van der Waals surface area contributed by atoms with Gasteiger partial charge in [0.05, 0.1) is 16.6 Å². The fourth-order valence-electron chi connectivity index (χ4n) is 2.77. The third-order valence-electron chi connectivity index (χ3n) is 3.97. The van der Waals surface area contributed by atoms with E-state index in [4.69, 9.17) is 14.2 Å². The van der Waals surface area contributed by atoms with Crippen LogP contribution >= 0.6 is 0 Å². The third-order valence-corrected chi connectivity index (χ3v) is 3.97. The monoisotopic (exact) mass is 362 g/mol. The molecular formula is C18H13F3N2O3. The van der Waals surface area contributed by atoms with Crippen molar-refractivity contribution >= 4 is 16.6 Å². The number of ether oxygens (including phenoxy) is 3. The number of rotatable bonds is 3. The molecule has 1 aliphatic heterocycles. The van der Waals surface area contributed by atoms with Gasteiger partial charge in [0.25, 0.3) is 0 Å². The molecule has 3 aromatic rings. The van der Waals surface area contributed by atoms with Gasteiger partial charge in [0.2, 0.25) is 11.6 Å². The van der Waals surface area contributed by atoms with Crippen molar-refractivity contribution < 1.29 is 27.4 Å². The number of halogens is 3. The van der Waals surface area contributed by atoms with Gasteiger partial charge in [-0.2, -0.15) is 4.39 Å². The molecule has 0 amide bonds. The van der Waals surface area contributed by atoms with Crippen molar-refractivity contribution in [2.75, 3.05) is 25.6 Å². The Bertz CT molecular complexity index is 1010. The third kappa shape index (κ3) is 2.54. The summed E-state index contributed by atoms with van der Waals surface area (Å²) < 4.78 is 59.1. The number of hydrogen-bond donors (Lipinski definition) is 1. The van der Waals surface area contributed by atoms with Crippen LogP contribution in [0.3, 0.4) is 0 Å². The van der Waals surface area contributed by atoms with E-state index >= 15 is 0 Å². The Morgan fingerprint density at radius 1 is 1.08 bits per heavy atom. The maximum absolute atomic E-state index is 14.3. The van der Waals surface area contributed by atoms with Crippen LogP contribution in [0.2, 0.25) is 0 Å². The Morgan fingerprint density at radius 2 is 1.88 bits per heavy atom. The smallest absolute Gasteiger partial charge is 0.206 e. The molecule has 0 atom stereocenters. The van der Waals surface area contributed by atoms with Gasteiger partial charge in [-0.15, -0.1) is 0 Å². The topological polar surface area (TPSA) is 52.6 Å². The first-order valence-corrected chi connectivity index (χ1v) is 7.80. The fraction of sp³-hybridized carbons (Fsp3) is 0.167. The van der Waals surface area contributed by atoms with E-state index in [2.05, 4.69) is 10.3 Å². The minimum Gasteiger partial charge on any atom is -0.486 e. The molecule has 1 aliphatic rings. The first-order chi connectivity index (χ1) is 12.6. The Balaban J connectivity index is 1.88. The van der Waals surface area contributed by atoms with Crippen molar-refractivity contribution in [3.05, 3.63) is 47.9 Å². The normalized spacial score (nSPS) is 12.9. The molecule has 0 saturated carbocycles. The summed E-state index contributed by atoms with van der Waals surface area (Å²) in [5.41, 5.74) is 0.181. The Labute approximate surface area is 146 Å². The molecule has 0 aliphatic carbocycles. The minimum absolute atomic E-state index is 0.0757. The second-order valence-corrected chi connectivity index (χ2v) is 5.51. The zero-order valence-corrected chi connectivity index (χ0v) is 13.6. The molecule has 5 nitrogen and oxygen atoms in total. The van der Waals surface area contributed by atoms with E-state index in [-0.39, 0.29) is 11.4 Å². The summed E-state index contributed by atoms with van der Waals surface area (Å²) in [4.78, 5) is 4.19. The molecule has 2 aromatic carbocycles. The molecule has 0 spiro atoms. The number of hydrogen-bond acceptors (Lipinski definition) is 5. The zero-order valence-electron chi connectivity index (χ0n) is 13.6. The predicted octanol–water partition coefficient (Wildman–Crippen LogP) is 4.26. The molecule has 134 valence electrons. The van der Waals surface area contributed by atoms with Crippen LogP contribution in [0.5, 0.6) is 23.0 Å². The molecule has 1 aromatic heterocycles. The molecular weight excluding hydrogens is 349 g/mol. The summed E-state index contributed by atoms with van der Waals surface area (Å²) in [7, 11) is 1.36. The summed E-state index contributed by atoms with van der Waals surface area (Å²) in [6.07, 6.45) is 1.42. The van der Waals surface area contributed by atoms with Crippen LogP contribution in [0.25, 0.3) is 10.9 Å². The molecule has 0 saturated heterocycles. The number of fused-ring (bicyclic) bond motifs is 3. The van der Waals surface area contributed by atoms with Gasteiger partial charge in [0.15, 0.2) is 23.1 Å². The zero-order chi connectivity index (χ0) is 18.3. The molecule has 1 N–H and O–H groups in total. The highest BCUT2D eigenvalue weighted by molar-refractivity contribution is 5.93. The van der Waals surface area contributed by atoms with Crippen LogP contribution in [-0.4, -0.2) is 25.2 Å². The highest BCUT2D eigenvalue weighted by atomic mass is 19.2. The Kier molecular flexibility index (Phi) is 3.95.